The lowest BCUT2D eigenvalue weighted by Gasteiger charge is -2.48. The Morgan fingerprint density at radius 2 is 1.77 bits per heavy atom. The second-order valence-electron chi connectivity index (χ2n) is 8.87. The molecular formula is C26H24N4O4S. The fourth-order valence-electron chi connectivity index (χ4n) is 5.07. The molecule has 4 amide bonds. The summed E-state index contributed by atoms with van der Waals surface area (Å²) in [5.74, 6) is -1.52. The number of aryl methyl sites for hydroxylation is 1. The Labute approximate surface area is 206 Å². The smallest absolute Gasteiger partial charge is 0.258 e. The van der Waals surface area contributed by atoms with Crippen molar-refractivity contribution in [1.29, 1.82) is 0 Å². The molecule has 1 fully saturated rings. The first-order valence-corrected chi connectivity index (χ1v) is 12.1. The molecule has 1 saturated heterocycles. The van der Waals surface area contributed by atoms with Crippen LogP contribution >= 0.6 is 11.3 Å². The topological polar surface area (TPSA) is 113 Å². The molecule has 35 heavy (non-hydrogen) atoms. The van der Waals surface area contributed by atoms with Gasteiger partial charge in [-0.15, -0.1) is 11.3 Å². The number of carbonyl (C=O) groups excluding carboxylic acids is 4. The molecule has 1 aromatic heterocycles. The van der Waals surface area contributed by atoms with E-state index < -0.39 is 17.5 Å². The highest BCUT2D eigenvalue weighted by molar-refractivity contribution is 7.17. The van der Waals surface area contributed by atoms with Gasteiger partial charge in [-0.25, -0.2) is 0 Å². The van der Waals surface area contributed by atoms with Crippen LogP contribution in [0.1, 0.15) is 45.4 Å². The molecule has 5 rings (SSSR count). The van der Waals surface area contributed by atoms with E-state index in [0.29, 0.717) is 28.2 Å². The summed E-state index contributed by atoms with van der Waals surface area (Å²) in [5.41, 5.74) is 7.46. The van der Waals surface area contributed by atoms with E-state index in [2.05, 4.69) is 5.32 Å². The van der Waals surface area contributed by atoms with E-state index in [0.717, 1.165) is 10.4 Å². The quantitative estimate of drug-likeness (QED) is 0.569. The Kier molecular flexibility index (Phi) is 5.44. The molecule has 178 valence electrons. The first-order chi connectivity index (χ1) is 16.7. The first-order valence-electron chi connectivity index (χ1n) is 11.2. The van der Waals surface area contributed by atoms with Gasteiger partial charge in [0, 0.05) is 16.9 Å². The fourth-order valence-corrected chi connectivity index (χ4v) is 6.17. The largest absolute Gasteiger partial charge is 0.365 e. The third kappa shape index (κ3) is 3.59. The van der Waals surface area contributed by atoms with E-state index in [9.17, 15) is 19.2 Å². The van der Waals surface area contributed by atoms with Crippen molar-refractivity contribution in [2.75, 3.05) is 16.8 Å². The number of nitrogens with one attached hydrogen (secondary N) is 1. The SMILES string of the molecule is Cc1sc(NC(=O)CN2C(=O)c3ccccc3N3C(=O)CC[C@@]23C)c(C(N)=O)c1-c1ccccc1. The fraction of sp³-hybridized carbons (Fsp3) is 0.231. The number of primary amides is 1. The molecule has 3 heterocycles. The maximum absolute atomic E-state index is 13.4. The second kappa shape index (κ2) is 8.35. The lowest BCUT2D eigenvalue weighted by Crippen LogP contribution is -2.63. The van der Waals surface area contributed by atoms with Crippen molar-refractivity contribution in [1.82, 2.24) is 4.90 Å². The summed E-state index contributed by atoms with van der Waals surface area (Å²) in [4.78, 5) is 55.7. The van der Waals surface area contributed by atoms with Gasteiger partial charge in [0.15, 0.2) is 0 Å². The van der Waals surface area contributed by atoms with Crippen molar-refractivity contribution in [3.05, 3.63) is 70.6 Å². The van der Waals surface area contributed by atoms with Gasteiger partial charge in [0.05, 0.1) is 16.8 Å². The molecule has 0 aliphatic carbocycles. The van der Waals surface area contributed by atoms with E-state index in [4.69, 9.17) is 5.73 Å². The van der Waals surface area contributed by atoms with Crippen LogP contribution in [-0.4, -0.2) is 40.7 Å². The van der Waals surface area contributed by atoms with Crippen LogP contribution in [0, 0.1) is 6.92 Å². The van der Waals surface area contributed by atoms with Crippen LogP contribution in [0.4, 0.5) is 10.7 Å². The number of hydrogen-bond donors (Lipinski definition) is 2. The zero-order chi connectivity index (χ0) is 24.9. The summed E-state index contributed by atoms with van der Waals surface area (Å²) in [7, 11) is 0. The van der Waals surface area contributed by atoms with Crippen LogP contribution in [0.5, 0.6) is 0 Å². The Hall–Kier alpha value is -3.98. The van der Waals surface area contributed by atoms with Gasteiger partial charge in [-0.3, -0.25) is 24.1 Å². The summed E-state index contributed by atoms with van der Waals surface area (Å²) in [6.07, 6.45) is 0.703. The summed E-state index contributed by atoms with van der Waals surface area (Å²) in [6.45, 7) is 3.39. The van der Waals surface area contributed by atoms with Crippen LogP contribution in [0.15, 0.2) is 54.6 Å². The molecule has 2 aromatic carbocycles. The molecule has 2 aliphatic rings. The summed E-state index contributed by atoms with van der Waals surface area (Å²) < 4.78 is 0. The molecule has 3 N–H and O–H groups in total. The van der Waals surface area contributed by atoms with Gasteiger partial charge < -0.3 is 16.0 Å². The van der Waals surface area contributed by atoms with Crippen molar-refractivity contribution in [3.8, 4) is 11.1 Å². The standard InChI is InChI=1S/C26H24N4O4S/c1-15-21(16-8-4-3-5-9-16)22(23(27)33)24(35-15)28-19(31)14-29-25(34)17-10-6-7-11-18(17)30-20(32)12-13-26(29,30)2/h3-11H,12-14H2,1-2H3,(H2,27,33)(H,28,31)/t26-/m0/s1. The molecule has 0 saturated carbocycles. The molecule has 0 unspecified atom stereocenters. The predicted molar refractivity (Wildman–Crippen MR) is 134 cm³/mol. The Bertz CT molecular complexity index is 1380. The summed E-state index contributed by atoms with van der Waals surface area (Å²) >= 11 is 1.26. The van der Waals surface area contributed by atoms with Crippen molar-refractivity contribution in [2.45, 2.75) is 32.4 Å². The van der Waals surface area contributed by atoms with Crippen molar-refractivity contribution in [3.63, 3.8) is 0 Å². The number of anilines is 2. The average Bonchev–Trinajstić information content (AvgIpc) is 3.33. The van der Waals surface area contributed by atoms with Crippen LogP contribution in [0.25, 0.3) is 11.1 Å². The molecule has 1 atom stereocenters. The lowest BCUT2D eigenvalue weighted by atomic mass is 9.98. The number of amides is 4. The second-order valence-corrected chi connectivity index (χ2v) is 10.1. The van der Waals surface area contributed by atoms with E-state index in [1.807, 2.05) is 37.3 Å². The number of nitrogens with two attached hydrogens (primary N) is 1. The zero-order valence-electron chi connectivity index (χ0n) is 19.3. The molecular weight excluding hydrogens is 464 g/mol. The molecule has 0 spiro atoms. The van der Waals surface area contributed by atoms with Crippen molar-refractivity contribution in [2.24, 2.45) is 5.73 Å². The molecule has 8 nitrogen and oxygen atoms in total. The Morgan fingerprint density at radius 3 is 2.49 bits per heavy atom. The minimum absolute atomic E-state index is 0.0877. The number of thiophene rings is 1. The molecule has 3 aromatic rings. The number of para-hydroxylation sites is 1. The Balaban J connectivity index is 1.47. The van der Waals surface area contributed by atoms with Gasteiger partial charge in [-0.1, -0.05) is 42.5 Å². The van der Waals surface area contributed by atoms with Crippen LogP contribution in [0.2, 0.25) is 0 Å². The first kappa shape index (κ1) is 22.8. The number of nitrogens with zero attached hydrogens (tertiary/aromatic N) is 2. The molecule has 2 aliphatic heterocycles. The van der Waals surface area contributed by atoms with Gasteiger partial charge in [0.1, 0.15) is 17.2 Å². The van der Waals surface area contributed by atoms with Gasteiger partial charge in [-0.05, 0) is 38.0 Å². The monoisotopic (exact) mass is 488 g/mol. The van der Waals surface area contributed by atoms with Gasteiger partial charge in [0.25, 0.3) is 11.8 Å². The lowest BCUT2D eigenvalue weighted by molar-refractivity contribution is -0.120. The highest BCUT2D eigenvalue weighted by atomic mass is 32.1. The number of fused-ring (bicyclic) bond motifs is 3. The number of rotatable bonds is 5. The van der Waals surface area contributed by atoms with Crippen molar-refractivity contribution >= 4 is 45.7 Å². The molecule has 0 bridgehead atoms. The van der Waals surface area contributed by atoms with Crippen LogP contribution < -0.4 is 16.0 Å². The summed E-state index contributed by atoms with van der Waals surface area (Å²) in [6, 6.07) is 16.3. The number of hydrogen-bond acceptors (Lipinski definition) is 5. The van der Waals surface area contributed by atoms with Crippen molar-refractivity contribution < 1.29 is 19.2 Å². The normalized spacial score (nSPS) is 18.9. The van der Waals surface area contributed by atoms with E-state index >= 15 is 0 Å². The number of carbonyl (C=O) groups is 4. The highest BCUT2D eigenvalue weighted by Gasteiger charge is 2.53. The van der Waals surface area contributed by atoms with Gasteiger partial charge in [-0.2, -0.15) is 0 Å². The van der Waals surface area contributed by atoms with Crippen LogP contribution in [-0.2, 0) is 9.59 Å². The maximum Gasteiger partial charge on any atom is 0.258 e. The average molecular weight is 489 g/mol. The highest BCUT2D eigenvalue weighted by Crippen LogP contribution is 2.44. The third-order valence-electron chi connectivity index (χ3n) is 6.69. The minimum atomic E-state index is -0.951. The van der Waals surface area contributed by atoms with E-state index in [-0.39, 0.29) is 30.3 Å². The van der Waals surface area contributed by atoms with Gasteiger partial charge in [0.2, 0.25) is 11.8 Å². The zero-order valence-corrected chi connectivity index (χ0v) is 20.1. The predicted octanol–water partition coefficient (Wildman–Crippen LogP) is 3.76. The molecule has 0 radical (unpaired) electrons. The Morgan fingerprint density at radius 1 is 1.09 bits per heavy atom. The maximum atomic E-state index is 13.4. The van der Waals surface area contributed by atoms with E-state index in [1.54, 1.807) is 36.1 Å². The van der Waals surface area contributed by atoms with Gasteiger partial charge >= 0.3 is 0 Å². The minimum Gasteiger partial charge on any atom is -0.365 e. The van der Waals surface area contributed by atoms with E-state index in [1.165, 1.54) is 16.2 Å². The van der Waals surface area contributed by atoms with Crippen LogP contribution in [0.3, 0.4) is 0 Å². The molecule has 9 heteroatoms. The number of benzene rings is 2. The summed E-state index contributed by atoms with van der Waals surface area (Å²) in [5, 5.41) is 3.15. The third-order valence-corrected chi connectivity index (χ3v) is 7.71.